The van der Waals surface area contributed by atoms with Crippen molar-refractivity contribution in [2.75, 3.05) is 12.4 Å². The second kappa shape index (κ2) is 6.89. The van der Waals surface area contributed by atoms with Crippen LogP contribution in [0, 0.1) is 0 Å². The number of esters is 1. The molecule has 100 valence electrons. The lowest BCUT2D eigenvalue weighted by molar-refractivity contribution is -0.141. The molecule has 1 aromatic rings. The number of ether oxygens (including phenoxy) is 2. The first-order chi connectivity index (χ1) is 8.56. The van der Waals surface area contributed by atoms with E-state index in [9.17, 15) is 4.79 Å². The molecule has 4 heteroatoms. The second-order valence-corrected chi connectivity index (χ2v) is 4.32. The fourth-order valence-electron chi connectivity index (χ4n) is 1.57. The first-order valence-electron chi connectivity index (χ1n) is 6.18. The van der Waals surface area contributed by atoms with E-state index in [1.54, 1.807) is 0 Å². The van der Waals surface area contributed by atoms with Gasteiger partial charge in [-0.25, -0.2) is 4.79 Å². The molecule has 0 amide bonds. The first-order valence-corrected chi connectivity index (χ1v) is 6.18. The first kappa shape index (κ1) is 14.4. The maximum absolute atomic E-state index is 11.5. The summed E-state index contributed by atoms with van der Waals surface area (Å²) in [6.07, 6.45) is 0.832. The summed E-state index contributed by atoms with van der Waals surface area (Å²) in [5.41, 5.74) is 0.878. The molecule has 1 atom stereocenters. The molecule has 0 bridgehead atoms. The van der Waals surface area contributed by atoms with E-state index < -0.39 is 0 Å². The number of rotatable bonds is 6. The Bertz CT molecular complexity index is 373. The zero-order valence-electron chi connectivity index (χ0n) is 11.4. The van der Waals surface area contributed by atoms with Crippen LogP contribution in [0.25, 0.3) is 0 Å². The molecule has 0 aliphatic carbocycles. The minimum atomic E-state index is -0.313. The molecular weight excluding hydrogens is 230 g/mol. The number of carbonyl (C=O) groups excluding carboxylic acids is 1. The molecule has 18 heavy (non-hydrogen) atoms. The summed E-state index contributed by atoms with van der Waals surface area (Å²) in [5.74, 6) is 0.571. The van der Waals surface area contributed by atoms with E-state index in [1.165, 1.54) is 7.11 Å². The van der Waals surface area contributed by atoms with Gasteiger partial charge in [0.1, 0.15) is 11.8 Å². The van der Waals surface area contributed by atoms with Crippen LogP contribution in [0.5, 0.6) is 5.75 Å². The standard InChI is InChI=1S/C14H21NO3/c1-5-13(14(16)17-4)15-11-6-8-12(9-7-11)18-10(2)3/h6-10,13,15H,5H2,1-4H3. The maximum Gasteiger partial charge on any atom is 0.328 e. The van der Waals surface area contributed by atoms with Crippen LogP contribution >= 0.6 is 0 Å². The summed E-state index contributed by atoms with van der Waals surface area (Å²) in [4.78, 5) is 11.5. The molecule has 1 unspecified atom stereocenters. The average molecular weight is 251 g/mol. The van der Waals surface area contributed by atoms with Crippen molar-refractivity contribution < 1.29 is 14.3 Å². The van der Waals surface area contributed by atoms with Crippen LogP contribution in [0.4, 0.5) is 5.69 Å². The normalized spacial score (nSPS) is 12.1. The van der Waals surface area contributed by atoms with Crippen molar-refractivity contribution in [3.63, 3.8) is 0 Å². The van der Waals surface area contributed by atoms with E-state index in [2.05, 4.69) is 5.32 Å². The van der Waals surface area contributed by atoms with Gasteiger partial charge in [0.25, 0.3) is 0 Å². The van der Waals surface area contributed by atoms with Gasteiger partial charge in [-0.15, -0.1) is 0 Å². The highest BCUT2D eigenvalue weighted by molar-refractivity contribution is 5.79. The Hall–Kier alpha value is -1.71. The van der Waals surface area contributed by atoms with Crippen molar-refractivity contribution in [3.05, 3.63) is 24.3 Å². The van der Waals surface area contributed by atoms with E-state index in [1.807, 2.05) is 45.0 Å². The number of hydrogen-bond acceptors (Lipinski definition) is 4. The molecule has 0 aromatic heterocycles. The number of carbonyl (C=O) groups is 1. The van der Waals surface area contributed by atoms with Gasteiger partial charge in [0.2, 0.25) is 0 Å². The van der Waals surface area contributed by atoms with Gasteiger partial charge in [-0.2, -0.15) is 0 Å². The van der Waals surface area contributed by atoms with Gasteiger partial charge in [-0.05, 0) is 44.5 Å². The van der Waals surface area contributed by atoms with Crippen LogP contribution in [0.2, 0.25) is 0 Å². The number of benzene rings is 1. The topological polar surface area (TPSA) is 47.6 Å². The van der Waals surface area contributed by atoms with E-state index in [4.69, 9.17) is 9.47 Å². The molecule has 0 radical (unpaired) electrons. The minimum Gasteiger partial charge on any atom is -0.491 e. The summed E-state index contributed by atoms with van der Waals surface area (Å²) in [5, 5.41) is 3.13. The van der Waals surface area contributed by atoms with Crippen LogP contribution in [-0.4, -0.2) is 25.2 Å². The van der Waals surface area contributed by atoms with Gasteiger partial charge >= 0.3 is 5.97 Å². The molecule has 1 N–H and O–H groups in total. The van der Waals surface area contributed by atoms with Crippen LogP contribution in [0.1, 0.15) is 27.2 Å². The lowest BCUT2D eigenvalue weighted by atomic mass is 10.2. The van der Waals surface area contributed by atoms with Crippen molar-refractivity contribution in [2.24, 2.45) is 0 Å². The Labute approximate surface area is 108 Å². The van der Waals surface area contributed by atoms with Gasteiger partial charge in [0.15, 0.2) is 0 Å². The highest BCUT2D eigenvalue weighted by Gasteiger charge is 2.16. The Morgan fingerprint density at radius 1 is 1.28 bits per heavy atom. The van der Waals surface area contributed by atoms with Gasteiger partial charge in [0, 0.05) is 5.69 Å². The highest BCUT2D eigenvalue weighted by atomic mass is 16.5. The molecule has 0 fully saturated rings. The third-order valence-electron chi connectivity index (χ3n) is 2.46. The molecule has 4 nitrogen and oxygen atoms in total. The average Bonchev–Trinajstić information content (AvgIpc) is 2.36. The van der Waals surface area contributed by atoms with Crippen molar-refractivity contribution >= 4 is 11.7 Å². The molecule has 0 aliphatic heterocycles. The minimum absolute atomic E-state index is 0.155. The monoisotopic (exact) mass is 251 g/mol. The van der Waals surface area contributed by atoms with E-state index in [0.29, 0.717) is 6.42 Å². The third kappa shape index (κ3) is 4.28. The maximum atomic E-state index is 11.5. The second-order valence-electron chi connectivity index (χ2n) is 4.32. The SMILES string of the molecule is CCC(Nc1ccc(OC(C)C)cc1)C(=O)OC. The predicted molar refractivity (Wildman–Crippen MR) is 71.9 cm³/mol. The molecule has 0 aliphatic rings. The summed E-state index contributed by atoms with van der Waals surface area (Å²) in [6.45, 7) is 5.90. The summed E-state index contributed by atoms with van der Waals surface area (Å²) < 4.78 is 10.3. The van der Waals surface area contributed by atoms with E-state index in [-0.39, 0.29) is 18.1 Å². The zero-order chi connectivity index (χ0) is 13.5. The number of methoxy groups -OCH3 is 1. The Kier molecular flexibility index (Phi) is 5.49. The van der Waals surface area contributed by atoms with Gasteiger partial charge in [-0.1, -0.05) is 6.92 Å². The Morgan fingerprint density at radius 3 is 2.33 bits per heavy atom. The fourth-order valence-corrected chi connectivity index (χ4v) is 1.57. The van der Waals surface area contributed by atoms with E-state index in [0.717, 1.165) is 11.4 Å². The van der Waals surface area contributed by atoms with Crippen molar-refractivity contribution in [2.45, 2.75) is 39.3 Å². The summed E-state index contributed by atoms with van der Waals surface area (Å²) >= 11 is 0. The molecule has 1 aromatic carbocycles. The Balaban J connectivity index is 2.64. The largest absolute Gasteiger partial charge is 0.491 e. The molecule has 0 spiro atoms. The van der Waals surface area contributed by atoms with Gasteiger partial charge < -0.3 is 14.8 Å². The number of anilines is 1. The molecule has 0 heterocycles. The number of hydrogen-bond donors (Lipinski definition) is 1. The lowest BCUT2D eigenvalue weighted by Crippen LogP contribution is -2.29. The summed E-state index contributed by atoms with van der Waals surface area (Å²) in [7, 11) is 1.40. The molecule has 0 saturated heterocycles. The highest BCUT2D eigenvalue weighted by Crippen LogP contribution is 2.18. The Morgan fingerprint density at radius 2 is 1.89 bits per heavy atom. The molecule has 0 saturated carbocycles. The van der Waals surface area contributed by atoms with Crippen molar-refractivity contribution in [1.82, 2.24) is 0 Å². The van der Waals surface area contributed by atoms with Crippen molar-refractivity contribution in [3.8, 4) is 5.75 Å². The van der Waals surface area contributed by atoms with Gasteiger partial charge in [0.05, 0.1) is 13.2 Å². The third-order valence-corrected chi connectivity index (χ3v) is 2.46. The van der Waals surface area contributed by atoms with Gasteiger partial charge in [-0.3, -0.25) is 0 Å². The zero-order valence-corrected chi connectivity index (χ0v) is 11.4. The van der Waals surface area contributed by atoms with Crippen molar-refractivity contribution in [1.29, 1.82) is 0 Å². The fraction of sp³-hybridized carbons (Fsp3) is 0.500. The van der Waals surface area contributed by atoms with Crippen LogP contribution in [0.3, 0.4) is 0 Å². The van der Waals surface area contributed by atoms with E-state index >= 15 is 0 Å². The predicted octanol–water partition coefficient (Wildman–Crippen LogP) is 2.84. The smallest absolute Gasteiger partial charge is 0.328 e. The quantitative estimate of drug-likeness (QED) is 0.790. The lowest BCUT2D eigenvalue weighted by Gasteiger charge is -2.16. The molecule has 1 rings (SSSR count). The van der Waals surface area contributed by atoms with Crippen LogP contribution < -0.4 is 10.1 Å². The van der Waals surface area contributed by atoms with Crippen LogP contribution in [-0.2, 0) is 9.53 Å². The molecular formula is C14H21NO3. The van der Waals surface area contributed by atoms with Crippen LogP contribution in [0.15, 0.2) is 24.3 Å². The summed E-state index contributed by atoms with van der Waals surface area (Å²) in [6, 6.07) is 7.23. The number of nitrogens with one attached hydrogen (secondary N) is 1.